The summed E-state index contributed by atoms with van der Waals surface area (Å²) in [4.78, 5) is 14.7. The van der Waals surface area contributed by atoms with Crippen molar-refractivity contribution in [2.75, 3.05) is 11.4 Å². The smallest absolute Gasteiger partial charge is 0.160 e. The van der Waals surface area contributed by atoms with Crippen molar-refractivity contribution in [1.82, 2.24) is 0 Å². The third kappa shape index (κ3) is 5.68. The number of carbonyl (C=O) groups is 1. The van der Waals surface area contributed by atoms with Gasteiger partial charge in [-0.1, -0.05) is 56.5 Å². The van der Waals surface area contributed by atoms with Crippen LogP contribution >= 0.6 is 11.3 Å². The van der Waals surface area contributed by atoms with Crippen LogP contribution in [0.4, 0.5) is 11.4 Å². The Labute approximate surface area is 182 Å². The van der Waals surface area contributed by atoms with Gasteiger partial charge in [0.15, 0.2) is 6.29 Å². The molecule has 0 aliphatic rings. The fourth-order valence-electron chi connectivity index (χ4n) is 3.35. The van der Waals surface area contributed by atoms with Crippen molar-refractivity contribution in [3.8, 4) is 6.07 Å². The number of rotatable bonds is 10. The summed E-state index contributed by atoms with van der Waals surface area (Å²) >= 11 is 1.34. The standard InChI is InChI=1S/C26H26N2OS/c1-2-3-4-8-17-28(23-9-6-5-7-10-23)24-13-11-21(12-14-24)18-22(19-27)26-16-15-25(20-29)30-26/h5-7,9-16,18,20H,2-4,8,17H2,1H3/b22-18+. The monoisotopic (exact) mass is 414 g/mol. The number of aldehydes is 1. The zero-order valence-electron chi connectivity index (χ0n) is 17.3. The third-order valence-electron chi connectivity index (χ3n) is 4.95. The molecule has 2 aromatic carbocycles. The number of para-hydroxylation sites is 1. The van der Waals surface area contributed by atoms with Crippen LogP contribution in [0.1, 0.15) is 52.7 Å². The van der Waals surface area contributed by atoms with Crippen LogP contribution in [0.2, 0.25) is 0 Å². The van der Waals surface area contributed by atoms with Crippen LogP contribution in [-0.2, 0) is 0 Å². The molecule has 0 bridgehead atoms. The highest BCUT2D eigenvalue weighted by Crippen LogP contribution is 2.28. The minimum Gasteiger partial charge on any atom is -0.341 e. The molecule has 1 aromatic heterocycles. The molecule has 152 valence electrons. The van der Waals surface area contributed by atoms with Crippen molar-refractivity contribution in [3.05, 3.63) is 82.0 Å². The van der Waals surface area contributed by atoms with Crippen molar-refractivity contribution in [2.45, 2.75) is 32.6 Å². The molecule has 3 rings (SSSR count). The summed E-state index contributed by atoms with van der Waals surface area (Å²) < 4.78 is 0. The molecule has 0 unspecified atom stereocenters. The number of hydrogen-bond donors (Lipinski definition) is 0. The highest BCUT2D eigenvalue weighted by atomic mass is 32.1. The average molecular weight is 415 g/mol. The first kappa shape index (κ1) is 21.5. The molecule has 0 atom stereocenters. The van der Waals surface area contributed by atoms with Gasteiger partial charge in [0.05, 0.1) is 10.5 Å². The lowest BCUT2D eigenvalue weighted by atomic mass is 10.1. The van der Waals surface area contributed by atoms with E-state index in [0.29, 0.717) is 10.5 Å². The molecule has 4 heteroatoms. The molecule has 1 heterocycles. The largest absolute Gasteiger partial charge is 0.341 e. The van der Waals surface area contributed by atoms with E-state index in [1.165, 1.54) is 36.3 Å². The van der Waals surface area contributed by atoms with E-state index in [1.54, 1.807) is 6.07 Å². The molecule has 0 amide bonds. The number of nitriles is 1. The Balaban J connectivity index is 1.81. The number of nitrogens with zero attached hydrogens (tertiary/aromatic N) is 2. The van der Waals surface area contributed by atoms with Gasteiger partial charge in [0.2, 0.25) is 0 Å². The highest BCUT2D eigenvalue weighted by Gasteiger charge is 2.10. The second-order valence-electron chi connectivity index (χ2n) is 7.13. The molecule has 0 spiro atoms. The molecular formula is C26H26N2OS. The lowest BCUT2D eigenvalue weighted by Gasteiger charge is -2.25. The van der Waals surface area contributed by atoms with Crippen LogP contribution in [0.5, 0.6) is 0 Å². The van der Waals surface area contributed by atoms with Gasteiger partial charge in [-0.25, -0.2) is 0 Å². The zero-order valence-corrected chi connectivity index (χ0v) is 18.1. The van der Waals surface area contributed by atoms with E-state index in [0.717, 1.165) is 35.4 Å². The molecule has 0 saturated heterocycles. The first-order valence-electron chi connectivity index (χ1n) is 10.3. The zero-order chi connectivity index (χ0) is 21.2. The first-order valence-corrected chi connectivity index (χ1v) is 11.2. The third-order valence-corrected chi connectivity index (χ3v) is 5.99. The normalized spacial score (nSPS) is 11.1. The number of carbonyl (C=O) groups excluding carboxylic acids is 1. The molecule has 0 N–H and O–H groups in total. The lowest BCUT2D eigenvalue weighted by Crippen LogP contribution is -2.18. The minimum atomic E-state index is 0.570. The van der Waals surface area contributed by atoms with Gasteiger partial charge in [0.25, 0.3) is 0 Å². The number of anilines is 2. The minimum absolute atomic E-state index is 0.570. The van der Waals surface area contributed by atoms with Gasteiger partial charge in [0, 0.05) is 22.8 Å². The van der Waals surface area contributed by atoms with E-state index in [9.17, 15) is 10.1 Å². The Bertz CT molecular complexity index is 1010. The van der Waals surface area contributed by atoms with Gasteiger partial charge >= 0.3 is 0 Å². The maximum Gasteiger partial charge on any atom is 0.160 e. The topological polar surface area (TPSA) is 44.1 Å². The summed E-state index contributed by atoms with van der Waals surface area (Å²) in [6.45, 7) is 3.21. The van der Waals surface area contributed by atoms with E-state index >= 15 is 0 Å². The van der Waals surface area contributed by atoms with E-state index in [2.05, 4.69) is 54.3 Å². The van der Waals surface area contributed by atoms with Gasteiger partial charge in [-0.3, -0.25) is 4.79 Å². The van der Waals surface area contributed by atoms with Crippen LogP contribution in [0.3, 0.4) is 0 Å². The van der Waals surface area contributed by atoms with Gasteiger partial charge in [-0.05, 0) is 54.5 Å². The van der Waals surface area contributed by atoms with Gasteiger partial charge in [-0.2, -0.15) is 5.26 Å². The van der Waals surface area contributed by atoms with Crippen LogP contribution in [0.15, 0.2) is 66.7 Å². The molecule has 3 aromatic rings. The first-order chi connectivity index (χ1) is 14.7. The molecule has 3 nitrogen and oxygen atoms in total. The Morgan fingerprint density at radius 1 is 0.967 bits per heavy atom. The summed E-state index contributed by atoms with van der Waals surface area (Å²) in [7, 11) is 0. The Kier molecular flexibility index (Phi) is 8.00. The predicted octanol–water partition coefficient (Wildman–Crippen LogP) is 7.34. The van der Waals surface area contributed by atoms with Gasteiger partial charge < -0.3 is 4.90 Å². The molecule has 0 aliphatic heterocycles. The summed E-state index contributed by atoms with van der Waals surface area (Å²) in [5.41, 5.74) is 3.87. The highest BCUT2D eigenvalue weighted by molar-refractivity contribution is 7.14. The van der Waals surface area contributed by atoms with Crippen molar-refractivity contribution >= 4 is 40.6 Å². The van der Waals surface area contributed by atoms with Gasteiger partial charge in [-0.15, -0.1) is 11.3 Å². The Morgan fingerprint density at radius 3 is 2.33 bits per heavy atom. The summed E-state index contributed by atoms with van der Waals surface area (Å²) in [5.74, 6) is 0. The number of allylic oxidation sites excluding steroid dienone is 1. The van der Waals surface area contributed by atoms with Crippen molar-refractivity contribution in [2.24, 2.45) is 0 Å². The van der Waals surface area contributed by atoms with E-state index < -0.39 is 0 Å². The van der Waals surface area contributed by atoms with Crippen LogP contribution in [0.25, 0.3) is 11.6 Å². The molecule has 0 saturated carbocycles. The van der Waals surface area contributed by atoms with Crippen molar-refractivity contribution in [3.63, 3.8) is 0 Å². The number of hydrogen-bond acceptors (Lipinski definition) is 4. The van der Waals surface area contributed by atoms with Crippen LogP contribution < -0.4 is 4.90 Å². The second-order valence-corrected chi connectivity index (χ2v) is 8.24. The number of thiophene rings is 1. The average Bonchev–Trinajstić information content (AvgIpc) is 3.28. The SMILES string of the molecule is CCCCCCN(c1ccccc1)c1ccc(/C=C(\C#N)c2ccc(C=O)s2)cc1. The fourth-order valence-corrected chi connectivity index (χ4v) is 4.14. The van der Waals surface area contributed by atoms with Crippen LogP contribution in [-0.4, -0.2) is 12.8 Å². The lowest BCUT2D eigenvalue weighted by molar-refractivity contribution is 0.112. The van der Waals surface area contributed by atoms with Crippen LogP contribution in [0, 0.1) is 11.3 Å². The van der Waals surface area contributed by atoms with Gasteiger partial charge in [0.1, 0.15) is 6.07 Å². The predicted molar refractivity (Wildman–Crippen MR) is 127 cm³/mol. The van der Waals surface area contributed by atoms with E-state index in [1.807, 2.05) is 30.3 Å². The molecule has 0 aliphatic carbocycles. The molecule has 0 fully saturated rings. The summed E-state index contributed by atoms with van der Waals surface area (Å²) in [6.07, 6.45) is 7.56. The van der Waals surface area contributed by atoms with E-state index in [-0.39, 0.29) is 0 Å². The quantitative estimate of drug-likeness (QED) is 0.198. The van der Waals surface area contributed by atoms with Crippen molar-refractivity contribution in [1.29, 1.82) is 5.26 Å². The Hall–Kier alpha value is -3.16. The number of unbranched alkanes of at least 4 members (excludes halogenated alkanes) is 3. The molecular weight excluding hydrogens is 388 g/mol. The van der Waals surface area contributed by atoms with E-state index in [4.69, 9.17) is 0 Å². The number of benzene rings is 2. The maximum absolute atomic E-state index is 10.9. The molecule has 0 radical (unpaired) electrons. The van der Waals surface area contributed by atoms with Crippen molar-refractivity contribution < 1.29 is 4.79 Å². The maximum atomic E-state index is 10.9. The fraction of sp³-hybridized carbons (Fsp3) is 0.231. The molecule has 30 heavy (non-hydrogen) atoms. The Morgan fingerprint density at radius 2 is 1.70 bits per heavy atom. The summed E-state index contributed by atoms with van der Waals surface area (Å²) in [5, 5.41) is 9.55. The second kappa shape index (κ2) is 11.1. The summed E-state index contributed by atoms with van der Waals surface area (Å²) in [6, 6.07) is 24.6.